The van der Waals surface area contributed by atoms with E-state index >= 15 is 0 Å². The van der Waals surface area contributed by atoms with Crippen LogP contribution in [-0.4, -0.2) is 10.9 Å². The van der Waals surface area contributed by atoms with Gasteiger partial charge < -0.3 is 4.74 Å². The van der Waals surface area contributed by atoms with Crippen molar-refractivity contribution in [3.63, 3.8) is 0 Å². The Morgan fingerprint density at radius 3 is 2.29 bits per heavy atom. The van der Waals surface area contributed by atoms with Gasteiger partial charge in [-0.15, -0.1) is 0 Å². The van der Waals surface area contributed by atoms with E-state index in [1.165, 1.54) is 24.8 Å². The molecule has 0 aromatic heterocycles. The first-order valence-electron chi connectivity index (χ1n) is 8.22. The maximum Gasteiger partial charge on any atom is 0.119 e. The zero-order valence-corrected chi connectivity index (χ0v) is 15.6. The lowest BCUT2D eigenvalue weighted by Crippen LogP contribution is -2.38. The van der Waals surface area contributed by atoms with Crippen LogP contribution >= 0.6 is 15.9 Å². The van der Waals surface area contributed by atoms with Gasteiger partial charge in [0.25, 0.3) is 0 Å². The van der Waals surface area contributed by atoms with Crippen LogP contribution in [0.1, 0.15) is 59.4 Å². The summed E-state index contributed by atoms with van der Waals surface area (Å²) < 4.78 is 5.75. The van der Waals surface area contributed by atoms with Crippen molar-refractivity contribution in [2.24, 2.45) is 11.8 Å². The average molecular weight is 353 g/mol. The topological polar surface area (TPSA) is 9.23 Å². The maximum atomic E-state index is 5.75. The molecule has 0 amide bonds. The summed E-state index contributed by atoms with van der Waals surface area (Å²) in [6.07, 6.45) is 4.19. The molecule has 0 bridgehead atoms. The van der Waals surface area contributed by atoms with Gasteiger partial charge in [0.05, 0.1) is 6.10 Å². The third-order valence-corrected chi connectivity index (χ3v) is 5.94. The van der Waals surface area contributed by atoms with Gasteiger partial charge in [-0.05, 0) is 61.6 Å². The largest absolute Gasteiger partial charge is 0.491 e. The fourth-order valence-electron chi connectivity index (χ4n) is 3.57. The molecule has 118 valence electrons. The van der Waals surface area contributed by atoms with Crippen LogP contribution < -0.4 is 4.74 Å². The molecule has 2 heteroatoms. The number of ether oxygens (including phenoxy) is 1. The Hall–Kier alpha value is -0.500. The number of alkyl halides is 1. The van der Waals surface area contributed by atoms with Crippen molar-refractivity contribution in [1.29, 1.82) is 0 Å². The summed E-state index contributed by atoms with van der Waals surface area (Å²) in [5.41, 5.74) is 1.62. The highest BCUT2D eigenvalue weighted by molar-refractivity contribution is 9.09. The molecule has 0 radical (unpaired) electrons. The molecule has 2 rings (SSSR count). The summed E-state index contributed by atoms with van der Waals surface area (Å²) in [5.74, 6) is 2.52. The number of hydrogen-bond acceptors (Lipinski definition) is 1. The van der Waals surface area contributed by atoms with E-state index in [0.717, 1.165) is 11.7 Å². The molecular weight excluding hydrogens is 324 g/mol. The van der Waals surface area contributed by atoms with Crippen LogP contribution in [0, 0.1) is 11.8 Å². The summed E-state index contributed by atoms with van der Waals surface area (Å²) in [5, 5.41) is 0. The van der Waals surface area contributed by atoms with Gasteiger partial charge in [-0.1, -0.05) is 55.3 Å². The molecule has 1 aromatic rings. The molecule has 0 heterocycles. The minimum Gasteiger partial charge on any atom is -0.491 e. The molecular formula is C19H29BrO. The molecule has 3 unspecified atom stereocenters. The van der Waals surface area contributed by atoms with Gasteiger partial charge in [0.15, 0.2) is 0 Å². The third-order valence-electron chi connectivity index (χ3n) is 4.93. The lowest BCUT2D eigenvalue weighted by atomic mass is 9.66. The molecule has 0 N–H and O–H groups in total. The van der Waals surface area contributed by atoms with Crippen LogP contribution in [0.2, 0.25) is 0 Å². The summed E-state index contributed by atoms with van der Waals surface area (Å²) in [6, 6.07) is 8.72. The second-order valence-corrected chi connectivity index (χ2v) is 8.63. The van der Waals surface area contributed by atoms with Crippen LogP contribution in [0.5, 0.6) is 5.75 Å². The van der Waals surface area contributed by atoms with Crippen LogP contribution in [0.15, 0.2) is 24.3 Å². The van der Waals surface area contributed by atoms with E-state index < -0.39 is 0 Å². The molecule has 0 spiro atoms. The molecule has 3 atom stereocenters. The Kier molecular flexibility index (Phi) is 5.40. The second-order valence-electron chi connectivity index (χ2n) is 7.45. The van der Waals surface area contributed by atoms with Gasteiger partial charge in [0.1, 0.15) is 5.75 Å². The number of halogens is 1. The van der Waals surface area contributed by atoms with Crippen molar-refractivity contribution in [2.75, 3.05) is 0 Å². The summed E-state index contributed by atoms with van der Waals surface area (Å²) in [4.78, 5) is 0.628. The van der Waals surface area contributed by atoms with Gasteiger partial charge in [-0.25, -0.2) is 0 Å². The Morgan fingerprint density at radius 2 is 1.76 bits per heavy atom. The molecule has 0 aliphatic heterocycles. The third kappa shape index (κ3) is 4.03. The van der Waals surface area contributed by atoms with Gasteiger partial charge in [-0.3, -0.25) is 0 Å². The Balaban J connectivity index is 2.15. The van der Waals surface area contributed by atoms with Crippen LogP contribution in [0.25, 0.3) is 0 Å². The van der Waals surface area contributed by atoms with Crippen LogP contribution in [-0.2, 0) is 5.41 Å². The SMILES string of the molecule is CC1CCC(C(C)(C)c2ccc(OC(C)C)cc2)C(Br)C1. The first kappa shape index (κ1) is 16.9. The van der Waals surface area contributed by atoms with Gasteiger partial charge in [0.2, 0.25) is 0 Å². The fourth-order valence-corrected chi connectivity index (χ4v) is 5.14. The average Bonchev–Trinajstić information content (AvgIpc) is 2.38. The summed E-state index contributed by atoms with van der Waals surface area (Å²) >= 11 is 3.95. The number of rotatable bonds is 4. The quantitative estimate of drug-likeness (QED) is 0.608. The normalized spacial score (nSPS) is 26.9. The highest BCUT2D eigenvalue weighted by atomic mass is 79.9. The fraction of sp³-hybridized carbons (Fsp3) is 0.684. The summed E-state index contributed by atoms with van der Waals surface area (Å²) in [7, 11) is 0. The monoisotopic (exact) mass is 352 g/mol. The van der Waals surface area contributed by atoms with Gasteiger partial charge in [0, 0.05) is 4.83 Å². The number of hydrogen-bond donors (Lipinski definition) is 0. The van der Waals surface area contributed by atoms with E-state index in [2.05, 4.69) is 74.8 Å². The standard InChI is InChI=1S/C19H29BrO/c1-13(2)21-16-9-7-15(8-10-16)19(4,5)17-11-6-14(3)12-18(17)20/h7-10,13-14,17-18H,6,11-12H2,1-5H3. The van der Waals surface area contributed by atoms with E-state index in [4.69, 9.17) is 4.74 Å². The van der Waals surface area contributed by atoms with Crippen molar-refractivity contribution in [2.45, 2.75) is 70.2 Å². The van der Waals surface area contributed by atoms with E-state index in [0.29, 0.717) is 10.7 Å². The van der Waals surface area contributed by atoms with E-state index in [9.17, 15) is 0 Å². The zero-order chi connectivity index (χ0) is 15.6. The summed E-state index contributed by atoms with van der Waals surface area (Å²) in [6.45, 7) is 11.3. The Bertz CT molecular complexity index is 449. The first-order chi connectivity index (χ1) is 9.80. The maximum absolute atomic E-state index is 5.75. The van der Waals surface area contributed by atoms with Crippen molar-refractivity contribution < 1.29 is 4.74 Å². The predicted octanol–water partition coefficient (Wildman–Crippen LogP) is 5.95. The van der Waals surface area contributed by atoms with Crippen molar-refractivity contribution >= 4 is 15.9 Å². The minimum absolute atomic E-state index is 0.199. The highest BCUT2D eigenvalue weighted by Crippen LogP contribution is 2.45. The Morgan fingerprint density at radius 1 is 1.14 bits per heavy atom. The minimum atomic E-state index is 0.199. The van der Waals surface area contributed by atoms with E-state index in [1.54, 1.807) is 0 Å². The van der Waals surface area contributed by atoms with Crippen molar-refractivity contribution in [3.8, 4) is 5.75 Å². The molecule has 1 fully saturated rings. The molecule has 0 saturated heterocycles. The second kappa shape index (κ2) is 6.73. The van der Waals surface area contributed by atoms with Crippen molar-refractivity contribution in [1.82, 2.24) is 0 Å². The first-order valence-corrected chi connectivity index (χ1v) is 9.13. The Labute approximate surface area is 138 Å². The van der Waals surface area contributed by atoms with Crippen molar-refractivity contribution in [3.05, 3.63) is 29.8 Å². The van der Waals surface area contributed by atoms with Gasteiger partial charge in [-0.2, -0.15) is 0 Å². The van der Waals surface area contributed by atoms with Crippen LogP contribution in [0.4, 0.5) is 0 Å². The van der Waals surface area contributed by atoms with Crippen LogP contribution in [0.3, 0.4) is 0 Å². The predicted molar refractivity (Wildman–Crippen MR) is 94.5 cm³/mol. The van der Waals surface area contributed by atoms with E-state index in [-0.39, 0.29) is 11.5 Å². The zero-order valence-electron chi connectivity index (χ0n) is 14.0. The molecule has 1 nitrogen and oxygen atoms in total. The molecule has 1 aromatic carbocycles. The highest BCUT2D eigenvalue weighted by Gasteiger charge is 2.38. The molecule has 21 heavy (non-hydrogen) atoms. The smallest absolute Gasteiger partial charge is 0.119 e. The molecule has 1 saturated carbocycles. The van der Waals surface area contributed by atoms with Gasteiger partial charge >= 0.3 is 0 Å². The van der Waals surface area contributed by atoms with E-state index in [1.807, 2.05) is 0 Å². The molecule has 1 aliphatic rings. The lowest BCUT2D eigenvalue weighted by Gasteiger charge is -2.42. The lowest BCUT2D eigenvalue weighted by molar-refractivity contribution is 0.213. The molecule has 1 aliphatic carbocycles. The number of benzene rings is 1.